The summed E-state index contributed by atoms with van der Waals surface area (Å²) < 4.78 is 5.86. The van der Waals surface area contributed by atoms with E-state index in [4.69, 9.17) is 4.42 Å². The standard InChI is InChI=1S/C26H31NO2/c1-4-21-15-17-23(18-16-21)26-27-25(20(3)29-26)10-6-9-24(28)8-5-7-22-13-11-19(2)12-14-22/h11-18H,4-10H2,1-3H3. The predicted molar refractivity (Wildman–Crippen MR) is 118 cm³/mol. The summed E-state index contributed by atoms with van der Waals surface area (Å²) in [5, 5.41) is 0. The van der Waals surface area contributed by atoms with Crippen LogP contribution in [0.4, 0.5) is 0 Å². The monoisotopic (exact) mass is 389 g/mol. The maximum absolute atomic E-state index is 12.2. The molecular formula is C26H31NO2. The summed E-state index contributed by atoms with van der Waals surface area (Å²) >= 11 is 0. The quantitative estimate of drug-likeness (QED) is 0.401. The summed E-state index contributed by atoms with van der Waals surface area (Å²) in [5.41, 5.74) is 5.85. The van der Waals surface area contributed by atoms with Crippen LogP contribution in [-0.4, -0.2) is 10.8 Å². The zero-order valence-electron chi connectivity index (χ0n) is 17.8. The van der Waals surface area contributed by atoms with Crippen molar-refractivity contribution in [2.75, 3.05) is 0 Å². The van der Waals surface area contributed by atoms with Crippen molar-refractivity contribution in [3.63, 3.8) is 0 Å². The molecule has 0 N–H and O–H groups in total. The van der Waals surface area contributed by atoms with Crippen LogP contribution >= 0.6 is 0 Å². The SMILES string of the molecule is CCc1ccc(-c2nc(CCCC(=O)CCCc3ccc(C)cc3)c(C)o2)cc1. The summed E-state index contributed by atoms with van der Waals surface area (Å²) in [4.78, 5) is 16.9. The first-order valence-corrected chi connectivity index (χ1v) is 10.7. The second-order valence-electron chi connectivity index (χ2n) is 7.80. The van der Waals surface area contributed by atoms with Gasteiger partial charge in [0.15, 0.2) is 0 Å². The lowest BCUT2D eigenvalue weighted by molar-refractivity contribution is -0.119. The van der Waals surface area contributed by atoms with Crippen molar-refractivity contribution in [2.45, 2.75) is 65.7 Å². The third-order valence-corrected chi connectivity index (χ3v) is 5.41. The molecule has 29 heavy (non-hydrogen) atoms. The molecule has 0 saturated heterocycles. The van der Waals surface area contributed by atoms with Gasteiger partial charge in [-0.3, -0.25) is 4.79 Å². The zero-order chi connectivity index (χ0) is 20.6. The smallest absolute Gasteiger partial charge is 0.226 e. The number of ketones is 1. The van der Waals surface area contributed by atoms with Crippen LogP contribution in [0.15, 0.2) is 52.9 Å². The molecule has 0 unspecified atom stereocenters. The van der Waals surface area contributed by atoms with Gasteiger partial charge in [-0.25, -0.2) is 4.98 Å². The molecule has 3 nitrogen and oxygen atoms in total. The first-order chi connectivity index (χ1) is 14.0. The Morgan fingerprint density at radius 1 is 0.862 bits per heavy atom. The maximum Gasteiger partial charge on any atom is 0.226 e. The maximum atomic E-state index is 12.2. The lowest BCUT2D eigenvalue weighted by atomic mass is 10.0. The average molecular weight is 390 g/mol. The van der Waals surface area contributed by atoms with Gasteiger partial charge in [0.25, 0.3) is 0 Å². The van der Waals surface area contributed by atoms with Crippen LogP contribution < -0.4 is 0 Å². The topological polar surface area (TPSA) is 43.1 Å². The highest BCUT2D eigenvalue weighted by atomic mass is 16.4. The third-order valence-electron chi connectivity index (χ3n) is 5.41. The number of benzene rings is 2. The van der Waals surface area contributed by atoms with E-state index in [-0.39, 0.29) is 0 Å². The van der Waals surface area contributed by atoms with Gasteiger partial charge in [0, 0.05) is 18.4 Å². The molecule has 2 aromatic carbocycles. The Hall–Kier alpha value is -2.68. The molecule has 0 amide bonds. The molecule has 0 fully saturated rings. The van der Waals surface area contributed by atoms with Gasteiger partial charge >= 0.3 is 0 Å². The van der Waals surface area contributed by atoms with Crippen LogP contribution in [0, 0.1) is 13.8 Å². The number of aromatic nitrogens is 1. The molecule has 0 aliphatic carbocycles. The number of carbonyl (C=O) groups is 1. The molecule has 0 aliphatic heterocycles. The van der Waals surface area contributed by atoms with Gasteiger partial charge in [0.05, 0.1) is 5.69 Å². The van der Waals surface area contributed by atoms with E-state index in [0.29, 0.717) is 24.5 Å². The second kappa shape index (κ2) is 10.2. The van der Waals surface area contributed by atoms with E-state index in [2.05, 4.69) is 67.4 Å². The van der Waals surface area contributed by atoms with E-state index in [9.17, 15) is 4.79 Å². The van der Waals surface area contributed by atoms with Crippen molar-refractivity contribution in [1.29, 1.82) is 0 Å². The molecular weight excluding hydrogens is 358 g/mol. The molecule has 0 spiro atoms. The summed E-state index contributed by atoms with van der Waals surface area (Å²) in [6, 6.07) is 16.9. The summed E-state index contributed by atoms with van der Waals surface area (Å²) in [7, 11) is 0. The molecule has 0 saturated carbocycles. The highest BCUT2D eigenvalue weighted by Crippen LogP contribution is 2.23. The molecule has 3 heteroatoms. The number of hydrogen-bond donors (Lipinski definition) is 0. The number of carbonyl (C=O) groups excluding carboxylic acids is 1. The number of rotatable bonds is 10. The summed E-state index contributed by atoms with van der Waals surface area (Å²) in [6.07, 6.45) is 5.78. The largest absolute Gasteiger partial charge is 0.441 e. The Morgan fingerprint density at radius 2 is 1.48 bits per heavy atom. The van der Waals surface area contributed by atoms with Gasteiger partial charge in [-0.15, -0.1) is 0 Å². The summed E-state index contributed by atoms with van der Waals surface area (Å²) in [6.45, 7) is 6.19. The number of hydrogen-bond acceptors (Lipinski definition) is 3. The van der Waals surface area contributed by atoms with Crippen LogP contribution in [0.3, 0.4) is 0 Å². The van der Waals surface area contributed by atoms with Crippen molar-refractivity contribution in [3.8, 4) is 11.5 Å². The van der Waals surface area contributed by atoms with Crippen molar-refractivity contribution in [3.05, 3.63) is 76.7 Å². The molecule has 1 heterocycles. The molecule has 152 valence electrons. The van der Waals surface area contributed by atoms with E-state index in [1.165, 1.54) is 16.7 Å². The fourth-order valence-electron chi connectivity index (χ4n) is 3.49. The number of Topliss-reactive ketones (excluding diaryl/α,β-unsaturated/α-hetero) is 1. The first kappa shape index (κ1) is 21.0. The zero-order valence-corrected chi connectivity index (χ0v) is 17.8. The van der Waals surface area contributed by atoms with Crippen molar-refractivity contribution >= 4 is 5.78 Å². The number of nitrogens with zero attached hydrogens (tertiary/aromatic N) is 1. The predicted octanol–water partition coefficient (Wildman–Crippen LogP) is 6.44. The van der Waals surface area contributed by atoms with Gasteiger partial charge in [-0.1, -0.05) is 48.9 Å². The molecule has 0 aliphatic rings. The Morgan fingerprint density at radius 3 is 2.14 bits per heavy atom. The normalized spacial score (nSPS) is 11.0. The van der Waals surface area contributed by atoms with Gasteiger partial charge in [-0.05, 0) is 69.2 Å². The second-order valence-corrected chi connectivity index (χ2v) is 7.80. The minimum Gasteiger partial charge on any atom is -0.441 e. The van der Waals surface area contributed by atoms with Crippen molar-refractivity contribution < 1.29 is 9.21 Å². The van der Waals surface area contributed by atoms with Crippen LogP contribution in [0.5, 0.6) is 0 Å². The Bertz CT molecular complexity index is 920. The van der Waals surface area contributed by atoms with E-state index < -0.39 is 0 Å². The van der Waals surface area contributed by atoms with Crippen LogP contribution in [0.2, 0.25) is 0 Å². The molecule has 1 aromatic heterocycles. The highest BCUT2D eigenvalue weighted by Gasteiger charge is 2.12. The molecule has 0 radical (unpaired) electrons. The fraction of sp³-hybridized carbons (Fsp3) is 0.385. The minimum atomic E-state index is 0.341. The summed E-state index contributed by atoms with van der Waals surface area (Å²) in [5.74, 6) is 1.87. The van der Waals surface area contributed by atoms with Crippen LogP contribution in [0.25, 0.3) is 11.5 Å². The van der Waals surface area contributed by atoms with E-state index >= 15 is 0 Å². The molecule has 0 bridgehead atoms. The molecule has 0 atom stereocenters. The highest BCUT2D eigenvalue weighted by molar-refractivity contribution is 5.78. The van der Waals surface area contributed by atoms with Crippen LogP contribution in [0.1, 0.15) is 60.8 Å². The van der Waals surface area contributed by atoms with E-state index in [0.717, 1.165) is 49.1 Å². The van der Waals surface area contributed by atoms with Crippen molar-refractivity contribution in [2.24, 2.45) is 0 Å². The first-order valence-electron chi connectivity index (χ1n) is 10.7. The van der Waals surface area contributed by atoms with Gasteiger partial charge in [-0.2, -0.15) is 0 Å². The van der Waals surface area contributed by atoms with Gasteiger partial charge < -0.3 is 4.42 Å². The van der Waals surface area contributed by atoms with Crippen LogP contribution in [-0.2, 0) is 24.1 Å². The van der Waals surface area contributed by atoms with Gasteiger partial charge in [0.1, 0.15) is 11.5 Å². The van der Waals surface area contributed by atoms with E-state index in [1.807, 2.05) is 6.92 Å². The Balaban J connectivity index is 1.43. The Labute approximate surface area is 174 Å². The molecule has 3 aromatic rings. The average Bonchev–Trinajstić information content (AvgIpc) is 3.10. The number of oxazole rings is 1. The lowest BCUT2D eigenvalue weighted by Crippen LogP contribution is -2.00. The number of aryl methyl sites for hydroxylation is 5. The molecule has 3 rings (SSSR count). The van der Waals surface area contributed by atoms with Gasteiger partial charge in [0.2, 0.25) is 5.89 Å². The van der Waals surface area contributed by atoms with Crippen molar-refractivity contribution in [1.82, 2.24) is 4.98 Å². The minimum absolute atomic E-state index is 0.341. The van der Waals surface area contributed by atoms with E-state index in [1.54, 1.807) is 0 Å². The fourth-order valence-corrected chi connectivity index (χ4v) is 3.49. The third kappa shape index (κ3) is 6.15. The Kier molecular flexibility index (Phi) is 7.40. The lowest BCUT2D eigenvalue weighted by Gasteiger charge is -2.03.